The van der Waals surface area contributed by atoms with E-state index in [9.17, 15) is 9.59 Å². The number of H-pyrrole nitrogens is 2. The molecule has 0 aromatic carbocycles. The standard InChI is InChI=1S/C18H25N5O2/c1-18(2,3)17-19-9-12(15(24)20-17)16(25)23(4)10-14-11-7-5-6-8-13(11)21-22-14/h9H,5-8,10H2,1-4H3,(H,21,22)(H,19,20,24). The number of carbonyl (C=O) groups excluding carboxylic acids is 1. The molecule has 2 heterocycles. The Hall–Kier alpha value is -2.44. The number of hydrogen-bond donors (Lipinski definition) is 2. The molecular formula is C18H25N5O2. The van der Waals surface area contributed by atoms with Crippen LogP contribution >= 0.6 is 0 Å². The summed E-state index contributed by atoms with van der Waals surface area (Å²) in [6.45, 7) is 6.25. The zero-order chi connectivity index (χ0) is 18.2. The van der Waals surface area contributed by atoms with Crippen molar-refractivity contribution < 1.29 is 4.79 Å². The fourth-order valence-corrected chi connectivity index (χ4v) is 3.11. The summed E-state index contributed by atoms with van der Waals surface area (Å²) >= 11 is 0. The highest BCUT2D eigenvalue weighted by Gasteiger charge is 2.23. The van der Waals surface area contributed by atoms with Crippen molar-refractivity contribution in [3.8, 4) is 0 Å². The highest BCUT2D eigenvalue weighted by Crippen LogP contribution is 2.23. The van der Waals surface area contributed by atoms with Crippen molar-refractivity contribution >= 4 is 5.91 Å². The summed E-state index contributed by atoms with van der Waals surface area (Å²) < 4.78 is 0. The third kappa shape index (κ3) is 3.50. The van der Waals surface area contributed by atoms with Gasteiger partial charge in [-0.1, -0.05) is 20.8 Å². The summed E-state index contributed by atoms with van der Waals surface area (Å²) in [5.41, 5.74) is 2.67. The third-order valence-electron chi connectivity index (χ3n) is 4.62. The Bertz CT molecular complexity index is 844. The average molecular weight is 343 g/mol. The monoisotopic (exact) mass is 343 g/mol. The van der Waals surface area contributed by atoms with Crippen LogP contribution in [-0.2, 0) is 24.8 Å². The number of aryl methyl sites for hydroxylation is 1. The zero-order valence-corrected chi connectivity index (χ0v) is 15.3. The summed E-state index contributed by atoms with van der Waals surface area (Å²) in [4.78, 5) is 33.5. The van der Waals surface area contributed by atoms with Crippen LogP contribution in [0, 0.1) is 0 Å². The number of nitrogens with zero attached hydrogens (tertiary/aromatic N) is 3. The van der Waals surface area contributed by atoms with Crippen LogP contribution in [0.2, 0.25) is 0 Å². The zero-order valence-electron chi connectivity index (χ0n) is 15.3. The van der Waals surface area contributed by atoms with Gasteiger partial charge in [0.1, 0.15) is 11.4 Å². The maximum absolute atomic E-state index is 12.6. The van der Waals surface area contributed by atoms with Crippen molar-refractivity contribution in [3.05, 3.63) is 44.9 Å². The lowest BCUT2D eigenvalue weighted by molar-refractivity contribution is 0.0780. The topological polar surface area (TPSA) is 94.7 Å². The molecule has 0 saturated heterocycles. The molecule has 1 amide bonds. The molecule has 0 unspecified atom stereocenters. The molecule has 134 valence electrons. The number of nitrogens with one attached hydrogen (secondary N) is 2. The number of aromatic nitrogens is 4. The van der Waals surface area contributed by atoms with E-state index < -0.39 is 5.56 Å². The molecule has 3 rings (SSSR count). The van der Waals surface area contributed by atoms with Crippen LogP contribution in [-0.4, -0.2) is 38.0 Å². The summed E-state index contributed by atoms with van der Waals surface area (Å²) in [7, 11) is 1.68. The number of aromatic amines is 2. The van der Waals surface area contributed by atoms with Crippen LogP contribution in [0.1, 0.15) is 66.7 Å². The molecule has 7 nitrogen and oxygen atoms in total. The van der Waals surface area contributed by atoms with E-state index in [0.29, 0.717) is 12.4 Å². The van der Waals surface area contributed by atoms with Gasteiger partial charge < -0.3 is 9.88 Å². The summed E-state index contributed by atoms with van der Waals surface area (Å²) in [6, 6.07) is 0. The van der Waals surface area contributed by atoms with Crippen LogP contribution in [0.25, 0.3) is 0 Å². The first-order valence-electron chi connectivity index (χ1n) is 8.67. The summed E-state index contributed by atoms with van der Waals surface area (Å²) in [5.74, 6) is 0.222. The molecule has 0 fully saturated rings. The van der Waals surface area contributed by atoms with Gasteiger partial charge in [0.05, 0.1) is 12.2 Å². The van der Waals surface area contributed by atoms with Crippen molar-refractivity contribution in [1.29, 1.82) is 0 Å². The number of fused-ring (bicyclic) bond motifs is 1. The third-order valence-corrected chi connectivity index (χ3v) is 4.62. The molecule has 7 heteroatoms. The predicted molar refractivity (Wildman–Crippen MR) is 94.6 cm³/mol. The Morgan fingerprint density at radius 1 is 1.28 bits per heavy atom. The van der Waals surface area contributed by atoms with Gasteiger partial charge in [-0.25, -0.2) is 4.98 Å². The van der Waals surface area contributed by atoms with Gasteiger partial charge in [-0.15, -0.1) is 0 Å². The van der Waals surface area contributed by atoms with E-state index in [-0.39, 0.29) is 16.9 Å². The largest absolute Gasteiger partial charge is 0.335 e. The number of carbonyl (C=O) groups is 1. The number of amides is 1. The van der Waals surface area contributed by atoms with Gasteiger partial charge >= 0.3 is 0 Å². The minimum absolute atomic E-state index is 0.0555. The highest BCUT2D eigenvalue weighted by molar-refractivity contribution is 5.93. The molecule has 2 N–H and O–H groups in total. The van der Waals surface area contributed by atoms with Crippen molar-refractivity contribution in [2.75, 3.05) is 7.05 Å². The second-order valence-corrected chi connectivity index (χ2v) is 7.72. The smallest absolute Gasteiger partial charge is 0.263 e. The van der Waals surface area contributed by atoms with E-state index >= 15 is 0 Å². The summed E-state index contributed by atoms with van der Waals surface area (Å²) in [5, 5.41) is 7.44. The van der Waals surface area contributed by atoms with Gasteiger partial charge in [0, 0.05) is 24.4 Å². The number of hydrogen-bond acceptors (Lipinski definition) is 4. The number of rotatable bonds is 3. The minimum Gasteiger partial charge on any atom is -0.335 e. The molecule has 2 aromatic rings. The van der Waals surface area contributed by atoms with Crippen LogP contribution in [0.4, 0.5) is 0 Å². The molecule has 25 heavy (non-hydrogen) atoms. The van der Waals surface area contributed by atoms with E-state index in [1.54, 1.807) is 7.05 Å². The van der Waals surface area contributed by atoms with E-state index in [4.69, 9.17) is 0 Å². The van der Waals surface area contributed by atoms with Gasteiger partial charge in [0.2, 0.25) is 0 Å². The molecule has 1 aliphatic carbocycles. The maximum Gasteiger partial charge on any atom is 0.263 e. The van der Waals surface area contributed by atoms with Crippen molar-refractivity contribution in [3.63, 3.8) is 0 Å². The Balaban J connectivity index is 1.79. The molecule has 0 atom stereocenters. The molecule has 1 aliphatic rings. The van der Waals surface area contributed by atoms with Crippen LogP contribution in [0.15, 0.2) is 11.0 Å². The average Bonchev–Trinajstić information content (AvgIpc) is 2.96. The molecular weight excluding hydrogens is 318 g/mol. The van der Waals surface area contributed by atoms with E-state index in [1.807, 2.05) is 20.8 Å². The lowest BCUT2D eigenvalue weighted by atomic mass is 9.95. The fourth-order valence-electron chi connectivity index (χ4n) is 3.11. The van der Waals surface area contributed by atoms with E-state index in [2.05, 4.69) is 20.2 Å². The molecule has 0 saturated carbocycles. The minimum atomic E-state index is -0.402. The first-order chi connectivity index (χ1) is 11.8. The van der Waals surface area contributed by atoms with Crippen LogP contribution in [0.3, 0.4) is 0 Å². The first kappa shape index (κ1) is 17.4. The Morgan fingerprint density at radius 3 is 2.68 bits per heavy atom. The SMILES string of the molecule is CN(Cc1n[nH]c2c1CCCC2)C(=O)c1cnc(C(C)(C)C)[nH]c1=O. The van der Waals surface area contributed by atoms with Gasteiger partial charge in [-0.3, -0.25) is 14.7 Å². The first-order valence-corrected chi connectivity index (χ1v) is 8.67. The molecule has 2 aromatic heterocycles. The van der Waals surface area contributed by atoms with Crippen molar-refractivity contribution in [2.24, 2.45) is 0 Å². The van der Waals surface area contributed by atoms with E-state index in [0.717, 1.165) is 25.0 Å². The van der Waals surface area contributed by atoms with Gasteiger partial charge in [0.15, 0.2) is 0 Å². The fraction of sp³-hybridized carbons (Fsp3) is 0.556. The summed E-state index contributed by atoms with van der Waals surface area (Å²) in [6.07, 6.45) is 5.70. The van der Waals surface area contributed by atoms with E-state index in [1.165, 1.54) is 28.8 Å². The second kappa shape index (κ2) is 6.46. The van der Waals surface area contributed by atoms with Crippen LogP contribution < -0.4 is 5.56 Å². The Kier molecular flexibility index (Phi) is 4.49. The quantitative estimate of drug-likeness (QED) is 0.890. The Morgan fingerprint density at radius 2 is 2.00 bits per heavy atom. The predicted octanol–water partition coefficient (Wildman–Crippen LogP) is 1.94. The Labute approximate surface area is 146 Å². The second-order valence-electron chi connectivity index (χ2n) is 7.72. The van der Waals surface area contributed by atoms with Gasteiger partial charge in [0.25, 0.3) is 11.5 Å². The molecule has 0 spiro atoms. The molecule has 0 bridgehead atoms. The van der Waals surface area contributed by atoms with Gasteiger partial charge in [-0.2, -0.15) is 5.10 Å². The molecule has 0 aliphatic heterocycles. The lowest BCUT2D eigenvalue weighted by Crippen LogP contribution is -2.33. The van der Waals surface area contributed by atoms with Crippen LogP contribution in [0.5, 0.6) is 0 Å². The van der Waals surface area contributed by atoms with Gasteiger partial charge in [-0.05, 0) is 31.2 Å². The van der Waals surface area contributed by atoms with Crippen molar-refractivity contribution in [2.45, 2.75) is 58.4 Å². The highest BCUT2D eigenvalue weighted by atomic mass is 16.2. The van der Waals surface area contributed by atoms with Crippen molar-refractivity contribution in [1.82, 2.24) is 25.1 Å². The normalized spacial score (nSPS) is 14.2. The maximum atomic E-state index is 12.6. The lowest BCUT2D eigenvalue weighted by Gasteiger charge is -2.19. The molecule has 0 radical (unpaired) electrons.